The minimum Gasteiger partial charge on any atom is -0.322 e. The molecule has 0 spiro atoms. The lowest BCUT2D eigenvalue weighted by Gasteiger charge is -2.08. The normalized spacial score (nSPS) is 11.1. The van der Waals surface area contributed by atoms with Crippen molar-refractivity contribution < 1.29 is 13.2 Å². The number of hydrogen-bond acceptors (Lipinski definition) is 3. The van der Waals surface area contributed by atoms with Crippen molar-refractivity contribution in [3.05, 3.63) is 95.6 Å². The van der Waals surface area contributed by atoms with E-state index in [1.807, 2.05) is 30.3 Å². The van der Waals surface area contributed by atoms with Gasteiger partial charge in [-0.05, 0) is 47.9 Å². The van der Waals surface area contributed by atoms with Crippen LogP contribution in [-0.4, -0.2) is 14.3 Å². The fourth-order valence-electron chi connectivity index (χ4n) is 2.56. The number of nitrogens with two attached hydrogens (primary N) is 1. The van der Waals surface area contributed by atoms with Crippen LogP contribution in [0.1, 0.15) is 21.5 Å². The van der Waals surface area contributed by atoms with Crippen molar-refractivity contribution in [2.75, 3.05) is 5.32 Å². The molecular formula is C20H18N2O3S. The summed E-state index contributed by atoms with van der Waals surface area (Å²) in [5, 5.41) is 7.79. The highest BCUT2D eigenvalue weighted by Crippen LogP contribution is 2.16. The summed E-state index contributed by atoms with van der Waals surface area (Å²) in [7, 11) is -3.81. The number of primary sulfonamides is 1. The van der Waals surface area contributed by atoms with Crippen molar-refractivity contribution >= 4 is 21.6 Å². The van der Waals surface area contributed by atoms with Gasteiger partial charge in [0, 0.05) is 11.3 Å². The summed E-state index contributed by atoms with van der Waals surface area (Å²) in [6.45, 7) is 0. The Hall–Kier alpha value is -2.96. The van der Waals surface area contributed by atoms with Crippen LogP contribution in [0.25, 0.3) is 0 Å². The number of rotatable bonds is 5. The highest BCUT2D eigenvalue weighted by molar-refractivity contribution is 7.89. The molecule has 6 heteroatoms. The van der Waals surface area contributed by atoms with Crippen LogP contribution < -0.4 is 10.5 Å². The van der Waals surface area contributed by atoms with Gasteiger partial charge in [0.15, 0.2) is 0 Å². The third-order valence-corrected chi connectivity index (χ3v) is 4.80. The molecule has 0 radical (unpaired) electrons. The second-order valence-electron chi connectivity index (χ2n) is 5.89. The zero-order valence-corrected chi connectivity index (χ0v) is 14.7. The molecule has 0 aliphatic rings. The average molecular weight is 366 g/mol. The summed E-state index contributed by atoms with van der Waals surface area (Å²) >= 11 is 0. The van der Waals surface area contributed by atoms with E-state index in [9.17, 15) is 13.2 Å². The van der Waals surface area contributed by atoms with Gasteiger partial charge in [-0.1, -0.05) is 48.5 Å². The first kappa shape index (κ1) is 17.8. The Morgan fingerprint density at radius 1 is 0.846 bits per heavy atom. The molecule has 3 aromatic rings. The highest BCUT2D eigenvalue weighted by Gasteiger charge is 2.10. The molecule has 0 fully saturated rings. The van der Waals surface area contributed by atoms with E-state index in [1.54, 1.807) is 18.2 Å². The number of anilines is 1. The van der Waals surface area contributed by atoms with Gasteiger partial charge in [-0.15, -0.1) is 0 Å². The number of nitrogens with one attached hydrogen (secondary N) is 1. The van der Waals surface area contributed by atoms with Crippen molar-refractivity contribution in [3.63, 3.8) is 0 Å². The molecule has 0 saturated heterocycles. The molecular weight excluding hydrogens is 348 g/mol. The van der Waals surface area contributed by atoms with Crippen molar-refractivity contribution in [1.82, 2.24) is 0 Å². The van der Waals surface area contributed by atoms with Crippen LogP contribution in [0.2, 0.25) is 0 Å². The van der Waals surface area contributed by atoms with Gasteiger partial charge in [0.2, 0.25) is 10.0 Å². The molecule has 132 valence electrons. The number of sulfonamides is 1. The van der Waals surface area contributed by atoms with Crippen LogP contribution >= 0.6 is 0 Å². The molecule has 0 saturated carbocycles. The SMILES string of the molecule is NS(=O)(=O)c1cccc(NC(=O)c2ccc(Cc3ccccc3)cc2)c1. The predicted molar refractivity (Wildman–Crippen MR) is 101 cm³/mol. The van der Waals surface area contributed by atoms with Crippen molar-refractivity contribution in [2.24, 2.45) is 5.14 Å². The number of amides is 1. The Balaban J connectivity index is 1.71. The molecule has 0 bridgehead atoms. The predicted octanol–water partition coefficient (Wildman–Crippen LogP) is 3.18. The Labute approximate surface area is 152 Å². The van der Waals surface area contributed by atoms with E-state index < -0.39 is 10.0 Å². The lowest BCUT2D eigenvalue weighted by Crippen LogP contribution is -2.14. The van der Waals surface area contributed by atoms with Gasteiger partial charge in [0.1, 0.15) is 0 Å². The summed E-state index contributed by atoms with van der Waals surface area (Å²) in [5.41, 5.74) is 3.16. The topological polar surface area (TPSA) is 89.3 Å². The first-order valence-electron chi connectivity index (χ1n) is 7.99. The molecule has 1 amide bonds. The molecule has 3 aromatic carbocycles. The van der Waals surface area contributed by atoms with E-state index in [2.05, 4.69) is 17.4 Å². The van der Waals surface area contributed by atoms with Gasteiger partial charge in [-0.25, -0.2) is 13.6 Å². The maximum atomic E-state index is 12.4. The lowest BCUT2D eigenvalue weighted by atomic mass is 10.0. The Bertz CT molecular complexity index is 1010. The quantitative estimate of drug-likeness (QED) is 0.727. The zero-order chi connectivity index (χ0) is 18.6. The van der Waals surface area contributed by atoms with Crippen LogP contribution in [0.5, 0.6) is 0 Å². The molecule has 0 aromatic heterocycles. The summed E-state index contributed by atoms with van der Waals surface area (Å²) in [6.07, 6.45) is 0.791. The smallest absolute Gasteiger partial charge is 0.255 e. The van der Waals surface area contributed by atoms with Crippen LogP contribution in [0.15, 0.2) is 83.8 Å². The van der Waals surface area contributed by atoms with E-state index in [0.29, 0.717) is 11.3 Å². The molecule has 5 nitrogen and oxygen atoms in total. The molecule has 26 heavy (non-hydrogen) atoms. The number of hydrogen-bond donors (Lipinski definition) is 2. The molecule has 0 atom stereocenters. The fourth-order valence-corrected chi connectivity index (χ4v) is 3.12. The van der Waals surface area contributed by atoms with Crippen LogP contribution in [0.4, 0.5) is 5.69 Å². The third-order valence-electron chi connectivity index (χ3n) is 3.89. The van der Waals surface area contributed by atoms with Crippen molar-refractivity contribution in [3.8, 4) is 0 Å². The van der Waals surface area contributed by atoms with Crippen molar-refractivity contribution in [1.29, 1.82) is 0 Å². The first-order chi connectivity index (χ1) is 12.4. The second-order valence-corrected chi connectivity index (χ2v) is 7.45. The van der Waals surface area contributed by atoms with E-state index in [-0.39, 0.29) is 10.8 Å². The minimum absolute atomic E-state index is 0.0477. The van der Waals surface area contributed by atoms with Gasteiger partial charge >= 0.3 is 0 Å². The summed E-state index contributed by atoms with van der Waals surface area (Å²) in [6, 6.07) is 23.2. The van der Waals surface area contributed by atoms with Gasteiger partial charge in [0.05, 0.1) is 4.90 Å². The summed E-state index contributed by atoms with van der Waals surface area (Å²) < 4.78 is 22.8. The lowest BCUT2D eigenvalue weighted by molar-refractivity contribution is 0.102. The van der Waals surface area contributed by atoms with Crippen molar-refractivity contribution in [2.45, 2.75) is 11.3 Å². The summed E-state index contributed by atoms with van der Waals surface area (Å²) in [4.78, 5) is 12.3. The number of carbonyl (C=O) groups is 1. The third kappa shape index (κ3) is 4.56. The first-order valence-corrected chi connectivity index (χ1v) is 9.53. The number of benzene rings is 3. The van der Waals surface area contributed by atoms with Gasteiger partial charge in [-0.2, -0.15) is 0 Å². The Morgan fingerprint density at radius 3 is 2.15 bits per heavy atom. The van der Waals surface area contributed by atoms with E-state index in [1.165, 1.54) is 23.8 Å². The summed E-state index contributed by atoms with van der Waals surface area (Å²) in [5.74, 6) is -0.317. The molecule has 0 aliphatic heterocycles. The van der Waals surface area contributed by atoms with Gasteiger partial charge < -0.3 is 5.32 Å². The minimum atomic E-state index is -3.81. The maximum Gasteiger partial charge on any atom is 0.255 e. The van der Waals surface area contributed by atoms with E-state index in [4.69, 9.17) is 5.14 Å². The molecule has 0 aliphatic carbocycles. The van der Waals surface area contributed by atoms with Crippen LogP contribution in [0.3, 0.4) is 0 Å². The maximum absolute atomic E-state index is 12.4. The standard InChI is InChI=1S/C20H18N2O3S/c21-26(24,25)19-8-4-7-18(14-19)22-20(23)17-11-9-16(10-12-17)13-15-5-2-1-3-6-15/h1-12,14H,13H2,(H,22,23)(H2,21,24,25). The molecule has 0 unspecified atom stereocenters. The monoisotopic (exact) mass is 366 g/mol. The van der Waals surface area contributed by atoms with Gasteiger partial charge in [-0.3, -0.25) is 4.79 Å². The second kappa shape index (κ2) is 7.51. The Kier molecular flexibility index (Phi) is 5.16. The molecule has 3 N–H and O–H groups in total. The van der Waals surface area contributed by atoms with Crippen LogP contribution in [0, 0.1) is 0 Å². The Morgan fingerprint density at radius 2 is 1.50 bits per heavy atom. The number of carbonyl (C=O) groups excluding carboxylic acids is 1. The van der Waals surface area contributed by atoms with Gasteiger partial charge in [0.25, 0.3) is 5.91 Å². The fraction of sp³-hybridized carbons (Fsp3) is 0.0500. The zero-order valence-electron chi connectivity index (χ0n) is 13.9. The van der Waals surface area contributed by atoms with E-state index in [0.717, 1.165) is 12.0 Å². The molecule has 3 rings (SSSR count). The largest absolute Gasteiger partial charge is 0.322 e. The van der Waals surface area contributed by atoms with E-state index >= 15 is 0 Å². The average Bonchev–Trinajstić information content (AvgIpc) is 2.63. The van der Waals surface area contributed by atoms with Crippen LogP contribution in [-0.2, 0) is 16.4 Å². The highest BCUT2D eigenvalue weighted by atomic mass is 32.2. The molecule has 0 heterocycles.